The molecule has 2 N–H and O–H groups in total. The molecule has 7 nitrogen and oxygen atoms in total. The van der Waals surface area contributed by atoms with Gasteiger partial charge in [-0.25, -0.2) is 4.39 Å². The van der Waals surface area contributed by atoms with Gasteiger partial charge in [-0.3, -0.25) is 19.4 Å². The Morgan fingerprint density at radius 2 is 1.71 bits per heavy atom. The molecule has 162 valence electrons. The topological polar surface area (TPSA) is 86.0 Å². The van der Waals surface area contributed by atoms with Crippen molar-refractivity contribution in [1.29, 1.82) is 0 Å². The van der Waals surface area contributed by atoms with Gasteiger partial charge in [0.1, 0.15) is 18.4 Å². The second kappa shape index (κ2) is 8.87. The largest absolute Gasteiger partial charge is 0.480 e. The van der Waals surface area contributed by atoms with Crippen LogP contribution in [0.5, 0.6) is 0 Å². The Bertz CT molecular complexity index is 1090. The van der Waals surface area contributed by atoms with Gasteiger partial charge in [0.2, 0.25) is 0 Å². The molecular formula is C23H24FN3O4. The molecule has 1 atom stereocenters. The molecule has 0 radical (unpaired) electrons. The van der Waals surface area contributed by atoms with Gasteiger partial charge in [-0.1, -0.05) is 30.3 Å². The van der Waals surface area contributed by atoms with Crippen molar-refractivity contribution in [3.05, 3.63) is 71.7 Å². The minimum absolute atomic E-state index is 0.364. The molecule has 4 rings (SSSR count). The lowest BCUT2D eigenvalue weighted by molar-refractivity contribution is -0.144. The van der Waals surface area contributed by atoms with Crippen LogP contribution in [0.25, 0.3) is 10.9 Å². The molecule has 1 fully saturated rings. The smallest absolute Gasteiger partial charge is 0.325 e. The van der Waals surface area contributed by atoms with E-state index in [4.69, 9.17) is 0 Å². The predicted octanol–water partition coefficient (Wildman–Crippen LogP) is 2.81. The molecule has 1 saturated heterocycles. The Labute approximate surface area is 178 Å². The number of rotatable bonds is 7. The fraction of sp³-hybridized carbons (Fsp3) is 0.304. The Morgan fingerprint density at radius 3 is 2.35 bits per heavy atom. The minimum atomic E-state index is -1.07. The van der Waals surface area contributed by atoms with Crippen LogP contribution in [0.15, 0.2) is 54.7 Å². The molecule has 1 aromatic heterocycles. The fourth-order valence-electron chi connectivity index (χ4n) is 4.30. The van der Waals surface area contributed by atoms with Gasteiger partial charge < -0.3 is 14.8 Å². The molecule has 0 aliphatic carbocycles. The van der Waals surface area contributed by atoms with Crippen LogP contribution in [-0.2, 0) is 22.7 Å². The van der Waals surface area contributed by atoms with Crippen LogP contribution in [0.4, 0.5) is 4.39 Å². The van der Waals surface area contributed by atoms with Crippen molar-refractivity contribution in [2.45, 2.75) is 19.1 Å². The van der Waals surface area contributed by atoms with E-state index in [1.807, 2.05) is 23.1 Å². The number of hydrogen-bond acceptors (Lipinski definition) is 4. The van der Waals surface area contributed by atoms with E-state index in [2.05, 4.69) is 17.0 Å². The molecule has 0 saturated carbocycles. The van der Waals surface area contributed by atoms with Crippen LogP contribution >= 0.6 is 0 Å². The molecule has 0 bridgehead atoms. The predicted molar refractivity (Wildman–Crippen MR) is 113 cm³/mol. The monoisotopic (exact) mass is 425 g/mol. The summed E-state index contributed by atoms with van der Waals surface area (Å²) in [7, 11) is 0. The number of halogens is 1. The van der Waals surface area contributed by atoms with Crippen molar-refractivity contribution in [3.8, 4) is 0 Å². The zero-order chi connectivity index (χ0) is 22.0. The summed E-state index contributed by atoms with van der Waals surface area (Å²) in [5.41, 5.74) is 2.08. The Hall–Kier alpha value is -3.23. The van der Waals surface area contributed by atoms with E-state index in [1.54, 1.807) is 0 Å². The van der Waals surface area contributed by atoms with Crippen molar-refractivity contribution in [2.24, 2.45) is 0 Å². The average molecular weight is 425 g/mol. The third-order valence-corrected chi connectivity index (χ3v) is 5.73. The summed E-state index contributed by atoms with van der Waals surface area (Å²) in [6, 6.07) is 13.2. The van der Waals surface area contributed by atoms with Crippen LogP contribution in [0.1, 0.15) is 17.2 Å². The number of carboxylic acid groups (broad SMARTS) is 2. The van der Waals surface area contributed by atoms with Crippen LogP contribution in [0, 0.1) is 5.82 Å². The maximum atomic E-state index is 13.8. The normalized spacial score (nSPS) is 16.4. The van der Waals surface area contributed by atoms with Gasteiger partial charge in [0.25, 0.3) is 0 Å². The lowest BCUT2D eigenvalue weighted by atomic mass is 10.0. The van der Waals surface area contributed by atoms with Gasteiger partial charge in [0.05, 0.1) is 5.52 Å². The summed E-state index contributed by atoms with van der Waals surface area (Å²) in [5.74, 6) is -2.57. The number of nitrogens with zero attached hydrogens (tertiary/aromatic N) is 3. The first-order valence-corrected chi connectivity index (χ1v) is 10.2. The molecule has 3 aromatic rings. The molecular weight excluding hydrogens is 401 g/mol. The number of benzene rings is 2. The third-order valence-electron chi connectivity index (χ3n) is 5.73. The highest BCUT2D eigenvalue weighted by atomic mass is 19.1. The number of carboxylic acids is 2. The molecule has 2 heterocycles. The molecule has 1 aliphatic rings. The lowest BCUT2D eigenvalue weighted by Gasteiger charge is -2.37. The first kappa shape index (κ1) is 21.0. The van der Waals surface area contributed by atoms with E-state index in [0.29, 0.717) is 29.6 Å². The van der Waals surface area contributed by atoms with Crippen molar-refractivity contribution in [1.82, 2.24) is 14.4 Å². The van der Waals surface area contributed by atoms with Gasteiger partial charge >= 0.3 is 11.9 Å². The number of carbonyl (C=O) groups is 2. The maximum Gasteiger partial charge on any atom is 0.325 e. The number of hydrogen-bond donors (Lipinski definition) is 2. The van der Waals surface area contributed by atoms with Gasteiger partial charge in [0, 0.05) is 49.9 Å². The van der Waals surface area contributed by atoms with Crippen molar-refractivity contribution in [2.75, 3.05) is 26.2 Å². The number of aromatic nitrogens is 1. The van der Waals surface area contributed by atoms with Gasteiger partial charge in [-0.2, -0.15) is 0 Å². The zero-order valence-electron chi connectivity index (χ0n) is 16.9. The molecule has 1 aliphatic heterocycles. The molecule has 8 heteroatoms. The van der Waals surface area contributed by atoms with E-state index in [9.17, 15) is 24.2 Å². The second-order valence-corrected chi connectivity index (χ2v) is 7.81. The van der Waals surface area contributed by atoms with Crippen LogP contribution < -0.4 is 0 Å². The molecule has 2 aromatic carbocycles. The number of fused-ring (bicyclic) bond motifs is 1. The quantitative estimate of drug-likeness (QED) is 0.606. The van der Waals surface area contributed by atoms with Crippen LogP contribution in [0.3, 0.4) is 0 Å². The van der Waals surface area contributed by atoms with Gasteiger partial charge in [-0.15, -0.1) is 0 Å². The van der Waals surface area contributed by atoms with E-state index in [-0.39, 0.29) is 6.54 Å². The molecule has 31 heavy (non-hydrogen) atoms. The van der Waals surface area contributed by atoms with E-state index >= 15 is 0 Å². The number of piperazine rings is 1. The summed E-state index contributed by atoms with van der Waals surface area (Å²) in [6.07, 6.45) is 1.54. The van der Waals surface area contributed by atoms with Crippen LogP contribution in [-0.4, -0.2) is 62.7 Å². The molecule has 0 spiro atoms. The molecule has 1 unspecified atom stereocenters. The van der Waals surface area contributed by atoms with Crippen molar-refractivity contribution in [3.63, 3.8) is 0 Å². The van der Waals surface area contributed by atoms with E-state index < -0.39 is 23.8 Å². The van der Waals surface area contributed by atoms with Crippen LogP contribution in [0.2, 0.25) is 0 Å². The van der Waals surface area contributed by atoms with E-state index in [0.717, 1.165) is 19.6 Å². The highest BCUT2D eigenvalue weighted by molar-refractivity contribution is 5.90. The summed E-state index contributed by atoms with van der Waals surface area (Å²) in [6.45, 7) is 3.02. The SMILES string of the molecule is O=C(O)Cn1cc(C(C(=O)O)N2CCN(Cc3ccccc3)CC2)c2ccc(F)cc21. The summed E-state index contributed by atoms with van der Waals surface area (Å²) in [5, 5.41) is 19.8. The van der Waals surface area contributed by atoms with Crippen molar-refractivity contribution < 1.29 is 24.2 Å². The summed E-state index contributed by atoms with van der Waals surface area (Å²) >= 11 is 0. The van der Waals surface area contributed by atoms with Gasteiger partial charge in [0.15, 0.2) is 0 Å². The van der Waals surface area contributed by atoms with Gasteiger partial charge in [-0.05, 0) is 23.8 Å². The average Bonchev–Trinajstić information content (AvgIpc) is 3.06. The Kier molecular flexibility index (Phi) is 6.01. The minimum Gasteiger partial charge on any atom is -0.480 e. The number of aliphatic carboxylic acids is 2. The fourth-order valence-corrected chi connectivity index (χ4v) is 4.30. The Morgan fingerprint density at radius 1 is 1.00 bits per heavy atom. The highest BCUT2D eigenvalue weighted by Crippen LogP contribution is 2.32. The van der Waals surface area contributed by atoms with E-state index in [1.165, 1.54) is 34.5 Å². The Balaban J connectivity index is 1.58. The first-order chi connectivity index (χ1) is 14.9. The standard InChI is InChI=1S/C23H24FN3O4/c24-17-6-7-18-19(14-27(15-21(28)29)20(18)12-17)22(23(30)31)26-10-8-25(9-11-26)13-16-4-2-1-3-5-16/h1-7,12,14,22H,8-11,13,15H2,(H,28,29)(H,30,31). The van der Waals surface area contributed by atoms with Crippen molar-refractivity contribution >= 4 is 22.8 Å². The summed E-state index contributed by atoms with van der Waals surface area (Å²) in [4.78, 5) is 27.7. The highest BCUT2D eigenvalue weighted by Gasteiger charge is 2.33. The third kappa shape index (κ3) is 4.60. The summed E-state index contributed by atoms with van der Waals surface area (Å²) < 4.78 is 15.2. The molecule has 0 amide bonds. The maximum absolute atomic E-state index is 13.8. The zero-order valence-corrected chi connectivity index (χ0v) is 16.9. The lowest BCUT2D eigenvalue weighted by Crippen LogP contribution is -2.48. The first-order valence-electron chi connectivity index (χ1n) is 10.2. The second-order valence-electron chi connectivity index (χ2n) is 7.81.